The fourth-order valence-corrected chi connectivity index (χ4v) is 1.63. The fourth-order valence-electron chi connectivity index (χ4n) is 1.22. The van der Waals surface area contributed by atoms with Gasteiger partial charge in [0.2, 0.25) is 0 Å². The molecule has 14 heavy (non-hydrogen) atoms. The number of furan rings is 1. The van der Waals surface area contributed by atoms with Crippen molar-refractivity contribution in [3.05, 3.63) is 46.6 Å². The normalized spacial score (nSPS) is 10.4. The lowest BCUT2D eigenvalue weighted by Gasteiger charge is -1.96. The molecule has 1 aromatic heterocycles. The molecule has 0 fully saturated rings. The molecule has 72 valence electrons. The van der Waals surface area contributed by atoms with Crippen molar-refractivity contribution >= 4 is 27.5 Å². The Morgan fingerprint density at radius 3 is 2.36 bits per heavy atom. The molecular weight excluding hydrogens is 263 g/mol. The van der Waals surface area contributed by atoms with E-state index in [2.05, 4.69) is 15.9 Å². The highest BCUT2D eigenvalue weighted by atomic mass is 79.9. The van der Waals surface area contributed by atoms with Crippen molar-refractivity contribution in [2.75, 3.05) is 0 Å². The Balaban J connectivity index is 2.34. The second-order valence-corrected chi connectivity index (χ2v) is 4.09. The van der Waals surface area contributed by atoms with E-state index in [4.69, 9.17) is 16.0 Å². The van der Waals surface area contributed by atoms with Gasteiger partial charge in [0.05, 0.1) is 5.88 Å². The van der Waals surface area contributed by atoms with Gasteiger partial charge in [-0.25, -0.2) is 0 Å². The van der Waals surface area contributed by atoms with Crippen molar-refractivity contribution in [2.45, 2.75) is 5.88 Å². The highest BCUT2D eigenvalue weighted by Crippen LogP contribution is 2.24. The summed E-state index contributed by atoms with van der Waals surface area (Å²) in [5.74, 6) is 2.06. The highest BCUT2D eigenvalue weighted by molar-refractivity contribution is 9.10. The van der Waals surface area contributed by atoms with Crippen LogP contribution in [0.4, 0.5) is 0 Å². The predicted molar refractivity (Wildman–Crippen MR) is 61.4 cm³/mol. The molecule has 1 aromatic carbocycles. The average molecular weight is 272 g/mol. The molecule has 0 radical (unpaired) electrons. The molecule has 1 heterocycles. The van der Waals surface area contributed by atoms with E-state index in [1.807, 2.05) is 36.4 Å². The van der Waals surface area contributed by atoms with E-state index in [0.717, 1.165) is 21.6 Å². The second kappa shape index (κ2) is 4.20. The quantitative estimate of drug-likeness (QED) is 0.736. The van der Waals surface area contributed by atoms with Crippen molar-refractivity contribution in [1.82, 2.24) is 0 Å². The maximum Gasteiger partial charge on any atom is 0.134 e. The Bertz CT molecular complexity index is 419. The SMILES string of the molecule is ClCc1ccc(-c2ccc(Br)cc2)o1. The zero-order valence-corrected chi connectivity index (χ0v) is 9.68. The molecule has 3 heteroatoms. The summed E-state index contributed by atoms with van der Waals surface area (Å²) >= 11 is 9.04. The summed E-state index contributed by atoms with van der Waals surface area (Å²) in [5, 5.41) is 0. The lowest BCUT2D eigenvalue weighted by atomic mass is 10.2. The lowest BCUT2D eigenvalue weighted by molar-refractivity contribution is 0.543. The van der Waals surface area contributed by atoms with Gasteiger partial charge >= 0.3 is 0 Å². The zero-order chi connectivity index (χ0) is 9.97. The molecule has 0 amide bonds. The monoisotopic (exact) mass is 270 g/mol. The molecule has 0 aliphatic rings. The third-order valence-electron chi connectivity index (χ3n) is 1.92. The van der Waals surface area contributed by atoms with Crippen molar-refractivity contribution in [3.8, 4) is 11.3 Å². The van der Waals surface area contributed by atoms with Crippen LogP contribution in [-0.2, 0) is 5.88 Å². The summed E-state index contributed by atoms with van der Waals surface area (Å²) in [5.41, 5.74) is 1.06. The Morgan fingerprint density at radius 1 is 1.07 bits per heavy atom. The summed E-state index contributed by atoms with van der Waals surface area (Å²) in [6, 6.07) is 11.8. The Hall–Kier alpha value is -0.730. The maximum absolute atomic E-state index is 5.65. The first kappa shape index (κ1) is 9.81. The van der Waals surface area contributed by atoms with Gasteiger partial charge in [-0.15, -0.1) is 11.6 Å². The van der Waals surface area contributed by atoms with Crippen molar-refractivity contribution in [3.63, 3.8) is 0 Å². The Kier molecular flexibility index (Phi) is 2.94. The molecule has 0 atom stereocenters. The minimum atomic E-state index is 0.413. The standard InChI is InChI=1S/C11H8BrClO/c12-9-3-1-8(2-4-9)11-6-5-10(7-13)14-11/h1-6H,7H2. The van der Waals surface area contributed by atoms with Gasteiger partial charge in [-0.3, -0.25) is 0 Å². The van der Waals surface area contributed by atoms with Crippen molar-refractivity contribution in [1.29, 1.82) is 0 Å². The van der Waals surface area contributed by atoms with E-state index in [1.54, 1.807) is 0 Å². The molecule has 2 aromatic rings. The summed E-state index contributed by atoms with van der Waals surface area (Å²) in [6.45, 7) is 0. The number of benzene rings is 1. The van der Waals surface area contributed by atoms with E-state index < -0.39 is 0 Å². The summed E-state index contributed by atoms with van der Waals surface area (Å²) in [6.07, 6.45) is 0. The van der Waals surface area contributed by atoms with Crippen LogP contribution in [0.2, 0.25) is 0 Å². The van der Waals surface area contributed by atoms with Crippen LogP contribution in [0, 0.1) is 0 Å². The van der Waals surface area contributed by atoms with Gasteiger partial charge in [-0.2, -0.15) is 0 Å². The van der Waals surface area contributed by atoms with Gasteiger partial charge in [0.15, 0.2) is 0 Å². The summed E-state index contributed by atoms with van der Waals surface area (Å²) < 4.78 is 6.57. The number of alkyl halides is 1. The first-order chi connectivity index (χ1) is 6.79. The highest BCUT2D eigenvalue weighted by Gasteiger charge is 2.03. The molecule has 0 bridgehead atoms. The summed E-state index contributed by atoms with van der Waals surface area (Å²) in [4.78, 5) is 0. The lowest BCUT2D eigenvalue weighted by Crippen LogP contribution is -1.72. The Labute approximate surface area is 95.8 Å². The van der Waals surface area contributed by atoms with Gasteiger partial charge in [0, 0.05) is 10.0 Å². The molecule has 0 aliphatic carbocycles. The van der Waals surface area contributed by atoms with Crippen LogP contribution in [0.1, 0.15) is 5.76 Å². The molecule has 0 saturated carbocycles. The van der Waals surface area contributed by atoms with Crippen LogP contribution in [0.15, 0.2) is 45.3 Å². The van der Waals surface area contributed by atoms with Crippen LogP contribution in [0.3, 0.4) is 0 Å². The third-order valence-corrected chi connectivity index (χ3v) is 2.71. The third kappa shape index (κ3) is 2.02. The molecule has 0 aliphatic heterocycles. The van der Waals surface area contributed by atoms with Gasteiger partial charge in [-0.05, 0) is 24.3 Å². The van der Waals surface area contributed by atoms with Gasteiger partial charge in [0.25, 0.3) is 0 Å². The molecule has 0 saturated heterocycles. The van der Waals surface area contributed by atoms with E-state index in [0.29, 0.717) is 5.88 Å². The minimum absolute atomic E-state index is 0.413. The first-order valence-electron chi connectivity index (χ1n) is 4.20. The largest absolute Gasteiger partial charge is 0.460 e. The Morgan fingerprint density at radius 2 is 1.79 bits per heavy atom. The maximum atomic E-state index is 5.65. The number of hydrogen-bond donors (Lipinski definition) is 0. The van der Waals surface area contributed by atoms with Gasteiger partial charge < -0.3 is 4.42 Å². The average Bonchev–Trinajstić information content (AvgIpc) is 2.67. The number of rotatable bonds is 2. The van der Waals surface area contributed by atoms with Crippen LogP contribution >= 0.6 is 27.5 Å². The van der Waals surface area contributed by atoms with Gasteiger partial charge in [-0.1, -0.05) is 28.1 Å². The molecule has 0 N–H and O–H groups in total. The van der Waals surface area contributed by atoms with E-state index in [1.165, 1.54) is 0 Å². The zero-order valence-electron chi connectivity index (χ0n) is 7.34. The topological polar surface area (TPSA) is 13.1 Å². The van der Waals surface area contributed by atoms with Crippen molar-refractivity contribution in [2.24, 2.45) is 0 Å². The van der Waals surface area contributed by atoms with Crippen molar-refractivity contribution < 1.29 is 4.42 Å². The second-order valence-electron chi connectivity index (χ2n) is 2.91. The van der Waals surface area contributed by atoms with Crippen LogP contribution in [0.5, 0.6) is 0 Å². The van der Waals surface area contributed by atoms with E-state index in [-0.39, 0.29) is 0 Å². The van der Waals surface area contributed by atoms with E-state index >= 15 is 0 Å². The van der Waals surface area contributed by atoms with Gasteiger partial charge in [0.1, 0.15) is 11.5 Å². The molecule has 0 spiro atoms. The molecule has 1 nitrogen and oxygen atoms in total. The molecule has 0 unspecified atom stereocenters. The van der Waals surface area contributed by atoms with Crippen LogP contribution < -0.4 is 0 Å². The number of halogens is 2. The number of hydrogen-bond acceptors (Lipinski definition) is 1. The van der Waals surface area contributed by atoms with Crippen LogP contribution in [0.25, 0.3) is 11.3 Å². The summed E-state index contributed by atoms with van der Waals surface area (Å²) in [7, 11) is 0. The molecular formula is C11H8BrClO. The fraction of sp³-hybridized carbons (Fsp3) is 0.0909. The first-order valence-corrected chi connectivity index (χ1v) is 5.53. The predicted octanol–water partition coefficient (Wildman–Crippen LogP) is 4.45. The minimum Gasteiger partial charge on any atom is -0.460 e. The van der Waals surface area contributed by atoms with E-state index in [9.17, 15) is 0 Å². The van der Waals surface area contributed by atoms with Crippen LogP contribution in [-0.4, -0.2) is 0 Å². The molecule has 2 rings (SSSR count). The smallest absolute Gasteiger partial charge is 0.134 e.